The fraction of sp³-hybridized carbons (Fsp3) is 0.400. The average molecular weight is 776 g/mol. The fourth-order valence-electron chi connectivity index (χ4n) is 5.65. The number of hydrogen-bond donors (Lipinski definition) is 2. The second-order valence-electron chi connectivity index (χ2n) is 14.1. The number of anilines is 2. The third kappa shape index (κ3) is 8.30. The number of ether oxygens (including phenoxy) is 2. The molecular weight excluding hydrogens is 738 g/mol. The van der Waals surface area contributed by atoms with Crippen molar-refractivity contribution in [3.05, 3.63) is 84.4 Å². The minimum absolute atomic E-state index is 0.0555. The lowest BCUT2D eigenvalue weighted by Gasteiger charge is -2.33. The van der Waals surface area contributed by atoms with Crippen LogP contribution in [0.25, 0.3) is 17.1 Å². The van der Waals surface area contributed by atoms with Gasteiger partial charge in [0.1, 0.15) is 24.7 Å². The number of sulfonamides is 1. The smallest absolute Gasteiger partial charge is 0.397 e. The third-order valence-corrected chi connectivity index (χ3v) is 10.1. The molecule has 0 saturated heterocycles. The summed E-state index contributed by atoms with van der Waals surface area (Å²) in [5.74, 6) is -3.90. The molecule has 4 bridgehead atoms. The van der Waals surface area contributed by atoms with Crippen LogP contribution in [-0.2, 0) is 26.1 Å². The van der Waals surface area contributed by atoms with Crippen molar-refractivity contribution >= 4 is 21.7 Å². The number of rotatable bonds is 7. The molecule has 2 N–H and O–H groups in total. The molecule has 1 aromatic carbocycles. The van der Waals surface area contributed by atoms with Crippen LogP contribution in [0.5, 0.6) is 5.88 Å². The van der Waals surface area contributed by atoms with E-state index in [2.05, 4.69) is 35.0 Å². The maximum Gasteiger partial charge on any atom is 0.397 e. The summed E-state index contributed by atoms with van der Waals surface area (Å²) in [7, 11) is -4.42. The predicted molar refractivity (Wildman–Crippen MR) is 188 cm³/mol. The van der Waals surface area contributed by atoms with Gasteiger partial charge in [0.2, 0.25) is 5.88 Å². The van der Waals surface area contributed by atoms with Crippen molar-refractivity contribution < 1.29 is 39.8 Å². The normalized spacial score (nSPS) is 16.6. The van der Waals surface area contributed by atoms with Crippen LogP contribution in [0.2, 0.25) is 0 Å². The van der Waals surface area contributed by atoms with Crippen molar-refractivity contribution in [2.45, 2.75) is 56.7 Å². The van der Waals surface area contributed by atoms with Gasteiger partial charge in [-0.25, -0.2) is 19.6 Å². The van der Waals surface area contributed by atoms with Crippen LogP contribution in [0, 0.1) is 5.41 Å². The molecule has 4 aromatic heterocycles. The van der Waals surface area contributed by atoms with E-state index in [1.807, 2.05) is 24.8 Å². The highest BCUT2D eigenvalue weighted by atomic mass is 32.2. The van der Waals surface area contributed by atoms with E-state index in [1.54, 1.807) is 18.3 Å². The first-order valence-electron chi connectivity index (χ1n) is 16.8. The largest absolute Gasteiger partial charge is 0.476 e. The van der Waals surface area contributed by atoms with E-state index in [-0.39, 0.29) is 40.4 Å². The number of aromatic nitrogens is 7. The first kappa shape index (κ1) is 38.6. The van der Waals surface area contributed by atoms with Gasteiger partial charge in [-0.2, -0.15) is 35.5 Å². The average Bonchev–Trinajstić information content (AvgIpc) is 3.83. The third-order valence-electron chi connectivity index (χ3n) is 8.82. The Balaban J connectivity index is 1.41. The highest BCUT2D eigenvalue weighted by molar-refractivity contribution is 7.92. The number of hydrogen-bond acceptors (Lipinski definition) is 10. The van der Waals surface area contributed by atoms with Gasteiger partial charge in [-0.3, -0.25) is 9.82 Å². The Morgan fingerprint density at radius 2 is 1.78 bits per heavy atom. The number of halogens is 5. The number of pyridine rings is 1. The summed E-state index contributed by atoms with van der Waals surface area (Å²) >= 11 is 0. The van der Waals surface area contributed by atoms with E-state index < -0.39 is 51.7 Å². The van der Waals surface area contributed by atoms with Crippen molar-refractivity contribution in [1.29, 1.82) is 0 Å². The Morgan fingerprint density at radius 1 is 1.00 bits per heavy atom. The van der Waals surface area contributed by atoms with Crippen LogP contribution in [-0.4, -0.2) is 82.4 Å². The summed E-state index contributed by atoms with van der Waals surface area (Å²) in [4.78, 5) is 15.1. The van der Waals surface area contributed by atoms with Crippen LogP contribution in [0.3, 0.4) is 0 Å². The lowest BCUT2D eigenvalue weighted by atomic mass is 9.88. The molecule has 19 heteroatoms. The van der Waals surface area contributed by atoms with Crippen molar-refractivity contribution in [3.8, 4) is 23.0 Å². The molecule has 1 aliphatic rings. The summed E-state index contributed by atoms with van der Waals surface area (Å²) in [5.41, 5.74) is -2.70. The van der Waals surface area contributed by atoms with Crippen LogP contribution < -0.4 is 14.4 Å². The molecule has 0 amide bonds. The zero-order chi connectivity index (χ0) is 38.9. The number of nitrogens with zero attached hydrogens (tertiary/aromatic N) is 7. The Bertz CT molecular complexity index is 2190. The van der Waals surface area contributed by atoms with Crippen LogP contribution >= 0.6 is 0 Å². The standard InChI is InChI=1S/C35H38F5N9O4S/c1-32(2,25-13-15-42-45-25)20-48-16-8-18-52-22-34(36,37)24-10-6-5-9-23(24)30-31(49-17-14-28(46-49)53-21-33(3,4)35(38,39)40)41-19-26(43-30)47-54(50,51)29-12-7-11-27(48)44-29/h5-7,9-15,17,19H,8,16,18,20-22H2,1-4H3,(H,42,45)(H,43,47). The highest BCUT2D eigenvalue weighted by Gasteiger charge is 2.48. The number of nitrogens with one attached hydrogen (secondary N) is 2. The monoisotopic (exact) mass is 775 g/mol. The highest BCUT2D eigenvalue weighted by Crippen LogP contribution is 2.39. The van der Waals surface area contributed by atoms with Crippen molar-refractivity contribution in [3.63, 3.8) is 0 Å². The molecule has 0 unspecified atom stereocenters. The molecule has 0 aliphatic carbocycles. The van der Waals surface area contributed by atoms with Gasteiger partial charge in [0.25, 0.3) is 15.9 Å². The number of aromatic amines is 1. The molecule has 54 heavy (non-hydrogen) atoms. The van der Waals surface area contributed by atoms with E-state index in [4.69, 9.17) is 9.47 Å². The van der Waals surface area contributed by atoms with Gasteiger partial charge in [-0.15, -0.1) is 5.10 Å². The summed E-state index contributed by atoms with van der Waals surface area (Å²) in [5, 5.41) is 10.9. The van der Waals surface area contributed by atoms with E-state index in [0.717, 1.165) is 30.4 Å². The van der Waals surface area contributed by atoms with E-state index >= 15 is 8.78 Å². The SMILES string of the molecule is CC(C)(CN1CCCOCC(F)(F)c2ccccc2-c2nc(cnc2-n2ccc(OCC(C)(C)C(F)(F)F)n2)NS(=O)(=O)c2cccc1n2)c1ccn[nH]1. The minimum Gasteiger partial charge on any atom is -0.476 e. The van der Waals surface area contributed by atoms with Gasteiger partial charge in [0, 0.05) is 60.4 Å². The van der Waals surface area contributed by atoms with Gasteiger partial charge in [-0.1, -0.05) is 44.2 Å². The Labute approximate surface area is 308 Å². The molecule has 5 aromatic rings. The second-order valence-corrected chi connectivity index (χ2v) is 15.7. The molecule has 0 spiro atoms. The molecule has 288 valence electrons. The molecule has 13 nitrogen and oxygen atoms in total. The Kier molecular flexibility index (Phi) is 10.4. The van der Waals surface area contributed by atoms with Gasteiger partial charge >= 0.3 is 6.18 Å². The summed E-state index contributed by atoms with van der Waals surface area (Å²) in [6.07, 6.45) is -0.258. The zero-order valence-corrected chi connectivity index (χ0v) is 30.5. The van der Waals surface area contributed by atoms with Crippen molar-refractivity contribution in [2.75, 3.05) is 42.5 Å². The predicted octanol–water partition coefficient (Wildman–Crippen LogP) is 6.51. The van der Waals surface area contributed by atoms with Crippen LogP contribution in [0.1, 0.15) is 45.4 Å². The first-order chi connectivity index (χ1) is 25.4. The maximum atomic E-state index is 16.1. The quantitative estimate of drug-likeness (QED) is 0.175. The molecular formula is C35H38F5N9O4S. The summed E-state index contributed by atoms with van der Waals surface area (Å²) < 4.78 is 114. The lowest BCUT2D eigenvalue weighted by Crippen LogP contribution is -2.39. The first-order valence-corrected chi connectivity index (χ1v) is 18.3. The Morgan fingerprint density at radius 3 is 2.52 bits per heavy atom. The number of alkyl halides is 5. The number of H-pyrrole nitrogens is 1. The van der Waals surface area contributed by atoms with Crippen LogP contribution in [0.15, 0.2) is 78.2 Å². The lowest BCUT2D eigenvalue weighted by molar-refractivity contribution is -0.219. The molecule has 0 saturated carbocycles. The van der Waals surface area contributed by atoms with E-state index in [1.165, 1.54) is 42.6 Å². The van der Waals surface area contributed by atoms with E-state index in [0.29, 0.717) is 25.3 Å². The second kappa shape index (κ2) is 14.6. The van der Waals surface area contributed by atoms with Crippen molar-refractivity contribution in [2.24, 2.45) is 5.41 Å². The maximum absolute atomic E-state index is 16.1. The number of fused-ring (bicyclic) bond motifs is 6. The van der Waals surface area contributed by atoms with Gasteiger partial charge in [-0.05, 0) is 38.5 Å². The zero-order valence-electron chi connectivity index (χ0n) is 29.7. The summed E-state index contributed by atoms with van der Waals surface area (Å²) in [6.45, 7) is 4.77. The van der Waals surface area contributed by atoms with Crippen LogP contribution in [0.4, 0.5) is 33.6 Å². The molecule has 0 fully saturated rings. The van der Waals surface area contributed by atoms with Gasteiger partial charge < -0.3 is 14.4 Å². The molecule has 5 heterocycles. The fourth-order valence-corrected chi connectivity index (χ4v) is 6.60. The molecule has 0 atom stereocenters. The summed E-state index contributed by atoms with van der Waals surface area (Å²) in [6, 6.07) is 13.1. The molecule has 1 aliphatic heterocycles. The van der Waals surface area contributed by atoms with E-state index in [9.17, 15) is 21.6 Å². The Hall–Kier alpha value is -5.17. The molecule has 0 radical (unpaired) electrons. The van der Waals surface area contributed by atoms with Gasteiger partial charge in [0.05, 0.1) is 11.6 Å². The van der Waals surface area contributed by atoms with Gasteiger partial charge in [0.15, 0.2) is 16.7 Å². The minimum atomic E-state index is -4.55. The molecule has 6 rings (SSSR count). The number of benzene rings is 1. The van der Waals surface area contributed by atoms with Crippen molar-refractivity contribution in [1.82, 2.24) is 34.9 Å². The topological polar surface area (TPSA) is 153 Å².